The van der Waals surface area contributed by atoms with Crippen LogP contribution in [0, 0.1) is 0 Å². The fraction of sp³-hybridized carbons (Fsp3) is 0.600. The highest BCUT2D eigenvalue weighted by Crippen LogP contribution is 2.06. The van der Waals surface area contributed by atoms with Crippen LogP contribution in [0.1, 0.15) is 43.7 Å². The molecule has 7 heteroatoms. The first-order valence-corrected chi connectivity index (χ1v) is 5.66. The van der Waals surface area contributed by atoms with Gasteiger partial charge in [0.2, 0.25) is 5.89 Å². The van der Waals surface area contributed by atoms with E-state index < -0.39 is 0 Å². The Hall–Kier alpha value is -1.76. The summed E-state index contributed by atoms with van der Waals surface area (Å²) in [7, 11) is 0. The fourth-order valence-electron chi connectivity index (χ4n) is 1.42. The Morgan fingerprint density at radius 2 is 2.35 bits per heavy atom. The van der Waals surface area contributed by atoms with Gasteiger partial charge in [-0.1, -0.05) is 17.3 Å². The molecule has 0 saturated heterocycles. The Morgan fingerprint density at radius 3 is 3.00 bits per heavy atom. The number of hydrogen-bond acceptors (Lipinski definition) is 6. The Morgan fingerprint density at radius 1 is 1.53 bits per heavy atom. The van der Waals surface area contributed by atoms with Gasteiger partial charge < -0.3 is 10.3 Å². The highest BCUT2D eigenvalue weighted by molar-refractivity contribution is 4.98. The van der Waals surface area contributed by atoms with Gasteiger partial charge in [-0.05, 0) is 13.3 Å². The van der Waals surface area contributed by atoms with Gasteiger partial charge >= 0.3 is 0 Å². The molecule has 7 nitrogen and oxygen atoms in total. The Labute approximate surface area is 99.0 Å². The molecule has 0 aromatic carbocycles. The number of nitrogens with zero attached hydrogens (tertiary/aromatic N) is 5. The lowest BCUT2D eigenvalue weighted by Gasteiger charge is -1.95. The second-order valence-corrected chi connectivity index (χ2v) is 3.98. The Balaban J connectivity index is 2.03. The van der Waals surface area contributed by atoms with Crippen molar-refractivity contribution in [3.05, 3.63) is 23.6 Å². The number of aryl methyl sites for hydroxylation is 1. The smallest absolute Gasteiger partial charge is 0.248 e. The second-order valence-electron chi connectivity index (χ2n) is 3.98. The topological polar surface area (TPSA) is 95.7 Å². The van der Waals surface area contributed by atoms with E-state index in [0.717, 1.165) is 24.4 Å². The molecular weight excluding hydrogens is 220 g/mol. The summed E-state index contributed by atoms with van der Waals surface area (Å²) >= 11 is 0. The third-order valence-electron chi connectivity index (χ3n) is 2.30. The van der Waals surface area contributed by atoms with Crippen LogP contribution in [0.2, 0.25) is 0 Å². The van der Waals surface area contributed by atoms with Gasteiger partial charge in [-0.2, -0.15) is 4.98 Å². The van der Waals surface area contributed by atoms with E-state index in [4.69, 9.17) is 10.3 Å². The van der Waals surface area contributed by atoms with Crippen LogP contribution in [0.4, 0.5) is 0 Å². The van der Waals surface area contributed by atoms with Crippen molar-refractivity contribution in [2.24, 2.45) is 5.73 Å². The fourth-order valence-corrected chi connectivity index (χ4v) is 1.42. The molecule has 0 aliphatic heterocycles. The van der Waals surface area contributed by atoms with Crippen LogP contribution in [-0.4, -0.2) is 25.1 Å². The van der Waals surface area contributed by atoms with Crippen molar-refractivity contribution >= 4 is 0 Å². The summed E-state index contributed by atoms with van der Waals surface area (Å²) in [5.41, 5.74) is 6.45. The van der Waals surface area contributed by atoms with Gasteiger partial charge in [-0.25, -0.2) is 4.68 Å². The van der Waals surface area contributed by atoms with E-state index in [1.54, 1.807) is 10.9 Å². The molecule has 0 radical (unpaired) electrons. The van der Waals surface area contributed by atoms with Crippen molar-refractivity contribution in [3.63, 3.8) is 0 Å². The van der Waals surface area contributed by atoms with Crippen LogP contribution in [0.3, 0.4) is 0 Å². The lowest BCUT2D eigenvalue weighted by atomic mass is 10.3. The maximum atomic E-state index is 5.70. The Bertz CT molecular complexity index is 475. The average Bonchev–Trinajstić information content (AvgIpc) is 2.89. The number of nitrogens with two attached hydrogens (primary N) is 1. The van der Waals surface area contributed by atoms with Crippen LogP contribution in [0.15, 0.2) is 10.7 Å². The first-order valence-electron chi connectivity index (χ1n) is 5.66. The molecule has 0 bridgehead atoms. The van der Waals surface area contributed by atoms with Gasteiger partial charge in [0.1, 0.15) is 6.54 Å². The zero-order valence-electron chi connectivity index (χ0n) is 10.00. The van der Waals surface area contributed by atoms with E-state index in [1.165, 1.54) is 0 Å². The maximum absolute atomic E-state index is 5.70. The zero-order chi connectivity index (χ0) is 12.3. The summed E-state index contributed by atoms with van der Waals surface area (Å²) in [4.78, 5) is 4.25. The highest BCUT2D eigenvalue weighted by Gasteiger charge is 2.09. The molecule has 0 saturated carbocycles. The van der Waals surface area contributed by atoms with Crippen molar-refractivity contribution in [2.45, 2.75) is 39.3 Å². The van der Waals surface area contributed by atoms with Gasteiger partial charge in [-0.3, -0.25) is 0 Å². The normalized spacial score (nSPS) is 12.9. The van der Waals surface area contributed by atoms with E-state index in [1.807, 2.05) is 6.92 Å². The molecular formula is C10H16N6O. The lowest BCUT2D eigenvalue weighted by molar-refractivity contribution is 0.359. The molecule has 1 atom stereocenters. The number of hydrogen-bond donors (Lipinski definition) is 1. The van der Waals surface area contributed by atoms with Crippen LogP contribution in [-0.2, 0) is 13.0 Å². The first kappa shape index (κ1) is 11.7. The van der Waals surface area contributed by atoms with Crippen LogP contribution in [0.5, 0.6) is 0 Å². The molecule has 0 fully saturated rings. The van der Waals surface area contributed by atoms with Crippen molar-refractivity contribution in [2.75, 3.05) is 0 Å². The minimum absolute atomic E-state index is 0.123. The number of rotatable bonds is 5. The zero-order valence-corrected chi connectivity index (χ0v) is 10.00. The minimum atomic E-state index is -0.123. The summed E-state index contributed by atoms with van der Waals surface area (Å²) in [5, 5.41) is 11.8. The second kappa shape index (κ2) is 5.05. The van der Waals surface area contributed by atoms with Crippen LogP contribution >= 0.6 is 0 Å². The van der Waals surface area contributed by atoms with E-state index in [-0.39, 0.29) is 6.04 Å². The monoisotopic (exact) mass is 236 g/mol. The number of aromatic nitrogens is 5. The van der Waals surface area contributed by atoms with Gasteiger partial charge in [-0.15, -0.1) is 5.10 Å². The SMILES string of the molecule is CCCc1noc(Cn2cc(C(C)N)nn2)n1. The van der Waals surface area contributed by atoms with E-state index >= 15 is 0 Å². The summed E-state index contributed by atoms with van der Waals surface area (Å²) in [6, 6.07) is -0.123. The summed E-state index contributed by atoms with van der Waals surface area (Å²) in [5.74, 6) is 1.27. The molecule has 2 aromatic heterocycles. The minimum Gasteiger partial charge on any atom is -0.337 e. The standard InChI is InChI=1S/C10H16N6O/c1-3-4-9-12-10(17-14-9)6-16-5-8(7(2)11)13-15-16/h5,7H,3-4,6,11H2,1-2H3. The molecule has 2 N–H and O–H groups in total. The molecule has 0 aliphatic carbocycles. The summed E-state index contributed by atoms with van der Waals surface area (Å²) in [6.07, 6.45) is 3.61. The third-order valence-corrected chi connectivity index (χ3v) is 2.30. The van der Waals surface area contributed by atoms with E-state index in [2.05, 4.69) is 27.4 Å². The van der Waals surface area contributed by atoms with Gasteiger partial charge in [0.15, 0.2) is 5.82 Å². The lowest BCUT2D eigenvalue weighted by Crippen LogP contribution is -2.05. The molecule has 0 aliphatic rings. The predicted molar refractivity (Wildman–Crippen MR) is 60.0 cm³/mol. The summed E-state index contributed by atoms with van der Waals surface area (Å²) in [6.45, 7) is 4.36. The molecule has 1 unspecified atom stereocenters. The first-order chi connectivity index (χ1) is 8.19. The molecule has 92 valence electrons. The molecule has 0 spiro atoms. The largest absolute Gasteiger partial charge is 0.337 e. The van der Waals surface area contributed by atoms with E-state index in [0.29, 0.717) is 12.4 Å². The summed E-state index contributed by atoms with van der Waals surface area (Å²) < 4.78 is 6.75. The molecule has 2 heterocycles. The maximum Gasteiger partial charge on any atom is 0.248 e. The van der Waals surface area contributed by atoms with Crippen molar-refractivity contribution < 1.29 is 4.52 Å². The Kier molecular flexibility index (Phi) is 3.48. The third kappa shape index (κ3) is 2.88. The highest BCUT2D eigenvalue weighted by atomic mass is 16.5. The van der Waals surface area contributed by atoms with Gasteiger partial charge in [0.25, 0.3) is 0 Å². The molecule has 2 rings (SSSR count). The van der Waals surface area contributed by atoms with Crippen LogP contribution in [0.25, 0.3) is 0 Å². The predicted octanol–water partition coefficient (Wildman–Crippen LogP) is 0.682. The quantitative estimate of drug-likeness (QED) is 0.820. The average molecular weight is 236 g/mol. The van der Waals surface area contributed by atoms with Crippen molar-refractivity contribution in [1.82, 2.24) is 25.1 Å². The molecule has 17 heavy (non-hydrogen) atoms. The van der Waals surface area contributed by atoms with Crippen molar-refractivity contribution in [1.29, 1.82) is 0 Å². The van der Waals surface area contributed by atoms with Crippen LogP contribution < -0.4 is 5.73 Å². The van der Waals surface area contributed by atoms with Gasteiger partial charge in [0, 0.05) is 12.5 Å². The molecule has 2 aromatic rings. The molecule has 0 amide bonds. The van der Waals surface area contributed by atoms with Gasteiger partial charge in [0.05, 0.1) is 11.9 Å². The van der Waals surface area contributed by atoms with E-state index in [9.17, 15) is 0 Å². The van der Waals surface area contributed by atoms with Crippen molar-refractivity contribution in [3.8, 4) is 0 Å².